The standard InChI is InChI=1S/C21H26N2O5/c1-14(2)16-5-7-18(8-6-16)27-13-20(24)22-23-21(25)15(3)28-19-11-9-17(26-4)10-12-19/h5-12,14-15H,13H2,1-4H3,(H,22,24)(H,23,25). The molecule has 0 saturated heterocycles. The summed E-state index contributed by atoms with van der Waals surface area (Å²) in [7, 11) is 1.57. The lowest BCUT2D eigenvalue weighted by molar-refractivity contribution is -0.133. The van der Waals surface area contributed by atoms with E-state index in [-0.39, 0.29) is 6.61 Å². The van der Waals surface area contributed by atoms with Gasteiger partial charge in [0.15, 0.2) is 12.7 Å². The Balaban J connectivity index is 1.72. The zero-order valence-corrected chi connectivity index (χ0v) is 16.5. The lowest BCUT2D eigenvalue weighted by Gasteiger charge is -2.15. The number of ether oxygens (including phenoxy) is 3. The van der Waals surface area contributed by atoms with Gasteiger partial charge in [-0.25, -0.2) is 0 Å². The molecule has 0 aromatic heterocycles. The SMILES string of the molecule is COc1ccc(OC(C)C(=O)NNC(=O)COc2ccc(C(C)C)cc2)cc1. The summed E-state index contributed by atoms with van der Waals surface area (Å²) in [5.41, 5.74) is 5.81. The molecule has 0 fully saturated rings. The molecule has 1 unspecified atom stereocenters. The van der Waals surface area contributed by atoms with E-state index in [1.165, 1.54) is 5.56 Å². The van der Waals surface area contributed by atoms with Gasteiger partial charge in [0, 0.05) is 0 Å². The third kappa shape index (κ3) is 6.50. The van der Waals surface area contributed by atoms with Crippen LogP contribution in [0.2, 0.25) is 0 Å². The fourth-order valence-electron chi connectivity index (χ4n) is 2.28. The number of hydrogen-bond acceptors (Lipinski definition) is 5. The highest BCUT2D eigenvalue weighted by molar-refractivity contribution is 5.85. The molecule has 2 rings (SSSR count). The molecule has 0 heterocycles. The lowest BCUT2D eigenvalue weighted by Crippen LogP contribution is -2.48. The fraction of sp³-hybridized carbons (Fsp3) is 0.333. The summed E-state index contributed by atoms with van der Waals surface area (Å²) in [5, 5.41) is 0. The minimum Gasteiger partial charge on any atom is -0.497 e. The van der Waals surface area contributed by atoms with E-state index in [1.807, 2.05) is 24.3 Å². The van der Waals surface area contributed by atoms with Gasteiger partial charge in [-0.05, 0) is 54.8 Å². The van der Waals surface area contributed by atoms with Crippen molar-refractivity contribution < 1.29 is 23.8 Å². The second-order valence-electron chi connectivity index (χ2n) is 6.49. The first-order chi connectivity index (χ1) is 13.4. The molecule has 0 aliphatic rings. The molecule has 0 aliphatic carbocycles. The highest BCUT2D eigenvalue weighted by atomic mass is 16.5. The number of amides is 2. The van der Waals surface area contributed by atoms with E-state index in [0.29, 0.717) is 23.2 Å². The van der Waals surface area contributed by atoms with Crippen molar-refractivity contribution in [2.24, 2.45) is 0 Å². The van der Waals surface area contributed by atoms with Gasteiger partial charge in [-0.15, -0.1) is 0 Å². The minimum atomic E-state index is -0.793. The minimum absolute atomic E-state index is 0.213. The predicted octanol–water partition coefficient (Wildman–Crippen LogP) is 2.81. The molecule has 0 aliphatic heterocycles. The Morgan fingerprint density at radius 2 is 1.43 bits per heavy atom. The summed E-state index contributed by atoms with van der Waals surface area (Å²) in [6.45, 7) is 5.57. The lowest BCUT2D eigenvalue weighted by atomic mass is 10.0. The highest BCUT2D eigenvalue weighted by Gasteiger charge is 2.15. The van der Waals surface area contributed by atoms with Gasteiger partial charge in [0.05, 0.1) is 7.11 Å². The first-order valence-corrected chi connectivity index (χ1v) is 9.01. The molecule has 7 heteroatoms. The average molecular weight is 386 g/mol. The first kappa shape index (κ1) is 21.1. The topological polar surface area (TPSA) is 85.9 Å². The van der Waals surface area contributed by atoms with Crippen LogP contribution in [0.3, 0.4) is 0 Å². The number of carbonyl (C=O) groups excluding carboxylic acids is 2. The molecule has 28 heavy (non-hydrogen) atoms. The molecular formula is C21H26N2O5. The highest BCUT2D eigenvalue weighted by Crippen LogP contribution is 2.19. The molecule has 150 valence electrons. The van der Waals surface area contributed by atoms with Crippen molar-refractivity contribution >= 4 is 11.8 Å². The number of benzene rings is 2. The molecule has 0 bridgehead atoms. The van der Waals surface area contributed by atoms with E-state index >= 15 is 0 Å². The third-order valence-electron chi connectivity index (χ3n) is 3.98. The van der Waals surface area contributed by atoms with E-state index in [1.54, 1.807) is 38.3 Å². The summed E-state index contributed by atoms with van der Waals surface area (Å²) in [5.74, 6) is 1.26. The third-order valence-corrected chi connectivity index (χ3v) is 3.98. The maximum absolute atomic E-state index is 12.0. The van der Waals surface area contributed by atoms with Crippen LogP contribution in [0.5, 0.6) is 17.2 Å². The van der Waals surface area contributed by atoms with Crippen molar-refractivity contribution in [2.75, 3.05) is 13.7 Å². The Morgan fingerprint density at radius 3 is 2.00 bits per heavy atom. The summed E-state index contributed by atoms with van der Waals surface area (Å²) in [6.07, 6.45) is -0.793. The van der Waals surface area contributed by atoms with E-state index in [4.69, 9.17) is 14.2 Å². The molecule has 0 radical (unpaired) electrons. The van der Waals surface area contributed by atoms with E-state index < -0.39 is 17.9 Å². The Labute approximate surface area is 165 Å². The van der Waals surface area contributed by atoms with Gasteiger partial charge < -0.3 is 14.2 Å². The molecule has 7 nitrogen and oxygen atoms in total. The van der Waals surface area contributed by atoms with Gasteiger partial charge in [0.2, 0.25) is 0 Å². The van der Waals surface area contributed by atoms with Crippen molar-refractivity contribution in [3.05, 3.63) is 54.1 Å². The van der Waals surface area contributed by atoms with Crippen LogP contribution in [0.1, 0.15) is 32.3 Å². The van der Waals surface area contributed by atoms with Crippen LogP contribution in [0, 0.1) is 0 Å². The molecule has 2 N–H and O–H groups in total. The number of carbonyl (C=O) groups is 2. The normalized spacial score (nSPS) is 11.5. The summed E-state index contributed by atoms with van der Waals surface area (Å²) in [6, 6.07) is 14.4. The van der Waals surface area contributed by atoms with E-state index in [0.717, 1.165) is 0 Å². The van der Waals surface area contributed by atoms with Crippen molar-refractivity contribution in [1.82, 2.24) is 10.9 Å². The van der Waals surface area contributed by atoms with Gasteiger partial charge in [-0.2, -0.15) is 0 Å². The van der Waals surface area contributed by atoms with E-state index in [9.17, 15) is 9.59 Å². The zero-order valence-electron chi connectivity index (χ0n) is 16.5. The van der Waals surface area contributed by atoms with Crippen LogP contribution in [0.15, 0.2) is 48.5 Å². The van der Waals surface area contributed by atoms with Crippen LogP contribution in [0.25, 0.3) is 0 Å². The van der Waals surface area contributed by atoms with Crippen molar-refractivity contribution in [1.29, 1.82) is 0 Å². The maximum Gasteiger partial charge on any atom is 0.279 e. The summed E-state index contributed by atoms with van der Waals surface area (Å²) >= 11 is 0. The molecule has 2 amide bonds. The first-order valence-electron chi connectivity index (χ1n) is 9.01. The molecular weight excluding hydrogens is 360 g/mol. The number of nitrogens with one attached hydrogen (secondary N) is 2. The van der Waals surface area contributed by atoms with Gasteiger partial charge in [-0.1, -0.05) is 26.0 Å². The molecule has 2 aromatic carbocycles. The average Bonchev–Trinajstić information content (AvgIpc) is 2.71. The Morgan fingerprint density at radius 1 is 0.857 bits per heavy atom. The van der Waals surface area contributed by atoms with Gasteiger partial charge in [-0.3, -0.25) is 20.4 Å². The van der Waals surface area contributed by atoms with Crippen LogP contribution in [-0.2, 0) is 9.59 Å². The maximum atomic E-state index is 12.0. The van der Waals surface area contributed by atoms with Gasteiger partial charge in [0.1, 0.15) is 17.2 Å². The Bertz CT molecular complexity index is 772. The smallest absolute Gasteiger partial charge is 0.279 e. The molecule has 1 atom stereocenters. The van der Waals surface area contributed by atoms with Crippen LogP contribution in [-0.4, -0.2) is 31.6 Å². The monoisotopic (exact) mass is 386 g/mol. The van der Waals surface area contributed by atoms with Gasteiger partial charge >= 0.3 is 0 Å². The Hall–Kier alpha value is -3.22. The number of hydrogen-bond donors (Lipinski definition) is 2. The zero-order chi connectivity index (χ0) is 20.5. The van der Waals surface area contributed by atoms with Crippen molar-refractivity contribution in [3.8, 4) is 17.2 Å². The molecule has 2 aromatic rings. The van der Waals surface area contributed by atoms with Crippen LogP contribution < -0.4 is 25.1 Å². The molecule has 0 saturated carbocycles. The van der Waals surface area contributed by atoms with Gasteiger partial charge in [0.25, 0.3) is 11.8 Å². The van der Waals surface area contributed by atoms with E-state index in [2.05, 4.69) is 24.7 Å². The van der Waals surface area contributed by atoms with Crippen molar-refractivity contribution in [3.63, 3.8) is 0 Å². The number of rotatable bonds is 8. The number of methoxy groups -OCH3 is 1. The second kappa shape index (κ2) is 10.2. The largest absolute Gasteiger partial charge is 0.497 e. The van der Waals surface area contributed by atoms with Crippen LogP contribution >= 0.6 is 0 Å². The second-order valence-corrected chi connectivity index (χ2v) is 6.49. The summed E-state index contributed by atoms with van der Waals surface area (Å²) in [4.78, 5) is 23.9. The predicted molar refractivity (Wildman–Crippen MR) is 105 cm³/mol. The quantitative estimate of drug-likeness (QED) is 0.682. The Kier molecular flexibility index (Phi) is 7.68. The fourth-order valence-corrected chi connectivity index (χ4v) is 2.28. The van der Waals surface area contributed by atoms with Crippen molar-refractivity contribution in [2.45, 2.75) is 32.8 Å². The summed E-state index contributed by atoms with van der Waals surface area (Å²) < 4.78 is 16.0. The van der Waals surface area contributed by atoms with Crippen LogP contribution in [0.4, 0.5) is 0 Å². The molecule has 0 spiro atoms. The number of hydrazine groups is 1.